The van der Waals surface area contributed by atoms with Crippen molar-refractivity contribution in [2.24, 2.45) is 0 Å². The molecule has 6 heteroatoms. The number of nitrogens with one attached hydrogen (secondary N) is 2. The number of aromatic nitrogens is 3. The van der Waals surface area contributed by atoms with E-state index in [0.717, 1.165) is 12.0 Å². The van der Waals surface area contributed by atoms with Gasteiger partial charge in [-0.3, -0.25) is 9.78 Å². The van der Waals surface area contributed by atoms with E-state index in [1.165, 1.54) is 12.4 Å². The van der Waals surface area contributed by atoms with Gasteiger partial charge in [-0.05, 0) is 31.0 Å². The zero-order valence-corrected chi connectivity index (χ0v) is 12.2. The Morgan fingerprint density at radius 3 is 2.52 bits per heavy atom. The van der Waals surface area contributed by atoms with Crippen molar-refractivity contribution < 1.29 is 4.79 Å². The molecule has 2 aromatic heterocycles. The summed E-state index contributed by atoms with van der Waals surface area (Å²) in [6.07, 6.45) is 7.41. The fourth-order valence-electron chi connectivity index (χ4n) is 1.63. The summed E-state index contributed by atoms with van der Waals surface area (Å²) in [5, 5.41) is 5.97. The molecule has 0 aromatic carbocycles. The second kappa shape index (κ2) is 7.33. The maximum absolute atomic E-state index is 11.9. The number of anilines is 1. The van der Waals surface area contributed by atoms with Gasteiger partial charge in [-0.2, -0.15) is 0 Å². The van der Waals surface area contributed by atoms with Crippen LogP contribution in [0.15, 0.2) is 36.9 Å². The number of pyridine rings is 1. The van der Waals surface area contributed by atoms with Gasteiger partial charge >= 0.3 is 0 Å². The third-order valence-corrected chi connectivity index (χ3v) is 3.10. The molecule has 1 amide bonds. The normalized spacial score (nSPS) is 11.7. The number of nitrogens with zero attached hydrogens (tertiary/aromatic N) is 3. The Labute approximate surface area is 124 Å². The summed E-state index contributed by atoms with van der Waals surface area (Å²) in [7, 11) is 0. The van der Waals surface area contributed by atoms with E-state index in [4.69, 9.17) is 0 Å². The summed E-state index contributed by atoms with van der Waals surface area (Å²) in [5.41, 5.74) is 1.55. The van der Waals surface area contributed by atoms with Crippen LogP contribution in [-0.2, 0) is 6.54 Å². The van der Waals surface area contributed by atoms with Gasteiger partial charge in [0.05, 0.1) is 5.56 Å². The zero-order chi connectivity index (χ0) is 15.1. The van der Waals surface area contributed by atoms with Crippen LogP contribution in [0.25, 0.3) is 0 Å². The summed E-state index contributed by atoms with van der Waals surface area (Å²) in [6.45, 7) is 4.60. The van der Waals surface area contributed by atoms with E-state index in [2.05, 4.69) is 25.6 Å². The number of carbonyl (C=O) groups is 1. The van der Waals surface area contributed by atoms with Crippen molar-refractivity contribution in [3.63, 3.8) is 0 Å². The first kappa shape index (κ1) is 14.9. The topological polar surface area (TPSA) is 79.8 Å². The molecule has 21 heavy (non-hydrogen) atoms. The van der Waals surface area contributed by atoms with E-state index < -0.39 is 0 Å². The summed E-state index contributed by atoms with van der Waals surface area (Å²) in [6, 6.07) is 3.98. The Balaban J connectivity index is 1.91. The lowest BCUT2D eigenvalue weighted by molar-refractivity contribution is 0.0938. The highest BCUT2D eigenvalue weighted by atomic mass is 16.1. The van der Waals surface area contributed by atoms with Gasteiger partial charge in [0, 0.05) is 37.4 Å². The van der Waals surface area contributed by atoms with Gasteiger partial charge in [-0.15, -0.1) is 0 Å². The minimum Gasteiger partial charge on any atom is -0.350 e. The van der Waals surface area contributed by atoms with Crippen molar-refractivity contribution >= 4 is 11.9 Å². The van der Waals surface area contributed by atoms with Crippen LogP contribution >= 0.6 is 0 Å². The fraction of sp³-hybridized carbons (Fsp3) is 0.333. The molecule has 0 aliphatic heterocycles. The molecule has 0 aliphatic carbocycles. The Morgan fingerprint density at radius 1 is 1.24 bits per heavy atom. The molecule has 6 nitrogen and oxygen atoms in total. The summed E-state index contributed by atoms with van der Waals surface area (Å²) in [4.78, 5) is 24.1. The minimum absolute atomic E-state index is 0.141. The van der Waals surface area contributed by atoms with E-state index in [1.807, 2.05) is 26.0 Å². The molecule has 1 atom stereocenters. The van der Waals surface area contributed by atoms with Crippen molar-refractivity contribution in [1.29, 1.82) is 0 Å². The second-order valence-electron chi connectivity index (χ2n) is 4.79. The number of carbonyl (C=O) groups excluding carboxylic acids is 1. The van der Waals surface area contributed by atoms with Crippen LogP contribution in [0.4, 0.5) is 5.95 Å². The Hall–Kier alpha value is -2.50. The first-order valence-electron chi connectivity index (χ1n) is 6.94. The van der Waals surface area contributed by atoms with Crippen molar-refractivity contribution in [3.05, 3.63) is 48.0 Å². The standard InChI is InChI=1S/C15H19N5O/c1-3-11(2)20-14(21)13-9-18-15(19-10-13)17-8-12-4-6-16-7-5-12/h4-7,9-11H,3,8H2,1-2H3,(H,20,21)(H,17,18,19). The van der Waals surface area contributed by atoms with Gasteiger partial charge in [0.25, 0.3) is 5.91 Å². The van der Waals surface area contributed by atoms with Crippen LogP contribution in [0, 0.1) is 0 Å². The lowest BCUT2D eigenvalue weighted by Crippen LogP contribution is -2.32. The molecule has 110 valence electrons. The highest BCUT2D eigenvalue weighted by Gasteiger charge is 2.09. The van der Waals surface area contributed by atoms with Crippen LogP contribution in [0.1, 0.15) is 36.2 Å². The molecule has 2 heterocycles. The highest BCUT2D eigenvalue weighted by Crippen LogP contribution is 2.04. The fourth-order valence-corrected chi connectivity index (χ4v) is 1.63. The molecule has 1 unspecified atom stereocenters. The zero-order valence-electron chi connectivity index (χ0n) is 12.2. The molecule has 0 saturated carbocycles. The van der Waals surface area contributed by atoms with E-state index >= 15 is 0 Å². The van der Waals surface area contributed by atoms with Crippen molar-refractivity contribution in [3.8, 4) is 0 Å². The van der Waals surface area contributed by atoms with E-state index in [9.17, 15) is 4.79 Å². The molecule has 0 aliphatic rings. The van der Waals surface area contributed by atoms with Crippen molar-refractivity contribution in [2.45, 2.75) is 32.9 Å². The molecule has 0 saturated heterocycles. The van der Waals surface area contributed by atoms with Gasteiger partial charge in [0.15, 0.2) is 0 Å². The van der Waals surface area contributed by atoms with Crippen LogP contribution in [0.5, 0.6) is 0 Å². The van der Waals surface area contributed by atoms with E-state index in [0.29, 0.717) is 18.1 Å². The number of hydrogen-bond acceptors (Lipinski definition) is 5. The minimum atomic E-state index is -0.148. The van der Waals surface area contributed by atoms with Gasteiger partial charge in [-0.25, -0.2) is 9.97 Å². The Morgan fingerprint density at radius 2 is 1.90 bits per heavy atom. The van der Waals surface area contributed by atoms with Crippen LogP contribution in [0.3, 0.4) is 0 Å². The maximum atomic E-state index is 11.9. The number of rotatable bonds is 6. The predicted octanol–water partition coefficient (Wildman–Crippen LogP) is 2.01. The Kier molecular flexibility index (Phi) is 5.20. The molecule has 0 radical (unpaired) electrons. The average molecular weight is 285 g/mol. The molecule has 0 spiro atoms. The van der Waals surface area contributed by atoms with Crippen molar-refractivity contribution in [2.75, 3.05) is 5.32 Å². The molecule has 0 bridgehead atoms. The van der Waals surface area contributed by atoms with Crippen molar-refractivity contribution in [1.82, 2.24) is 20.3 Å². The predicted molar refractivity (Wildman–Crippen MR) is 80.8 cm³/mol. The quantitative estimate of drug-likeness (QED) is 0.848. The highest BCUT2D eigenvalue weighted by molar-refractivity contribution is 5.93. The van der Waals surface area contributed by atoms with Gasteiger partial charge < -0.3 is 10.6 Å². The summed E-state index contributed by atoms with van der Waals surface area (Å²) < 4.78 is 0. The lowest BCUT2D eigenvalue weighted by Gasteiger charge is -2.11. The van der Waals surface area contributed by atoms with Gasteiger partial charge in [0.2, 0.25) is 5.95 Å². The van der Waals surface area contributed by atoms with E-state index in [-0.39, 0.29) is 11.9 Å². The first-order valence-corrected chi connectivity index (χ1v) is 6.94. The SMILES string of the molecule is CCC(C)NC(=O)c1cnc(NCc2ccncc2)nc1. The summed E-state index contributed by atoms with van der Waals surface area (Å²) >= 11 is 0. The Bertz CT molecular complexity index is 570. The molecule has 2 aromatic rings. The van der Waals surface area contributed by atoms with Gasteiger partial charge in [-0.1, -0.05) is 6.92 Å². The largest absolute Gasteiger partial charge is 0.350 e. The molecular weight excluding hydrogens is 266 g/mol. The van der Waals surface area contributed by atoms with Crippen LogP contribution < -0.4 is 10.6 Å². The third-order valence-electron chi connectivity index (χ3n) is 3.10. The van der Waals surface area contributed by atoms with Crippen LogP contribution in [-0.4, -0.2) is 26.9 Å². The molecule has 2 rings (SSSR count). The molecular formula is C15H19N5O. The van der Waals surface area contributed by atoms with E-state index in [1.54, 1.807) is 12.4 Å². The molecule has 2 N–H and O–H groups in total. The number of amides is 1. The van der Waals surface area contributed by atoms with Crippen LogP contribution in [0.2, 0.25) is 0 Å². The lowest BCUT2D eigenvalue weighted by atomic mass is 10.2. The monoisotopic (exact) mass is 285 g/mol. The maximum Gasteiger partial charge on any atom is 0.254 e. The smallest absolute Gasteiger partial charge is 0.254 e. The number of hydrogen-bond donors (Lipinski definition) is 2. The van der Waals surface area contributed by atoms with Gasteiger partial charge in [0.1, 0.15) is 0 Å². The summed E-state index contributed by atoms with van der Waals surface area (Å²) in [5.74, 6) is 0.344. The first-order chi connectivity index (χ1) is 10.2. The molecule has 0 fully saturated rings. The third kappa shape index (κ3) is 4.52. The second-order valence-corrected chi connectivity index (χ2v) is 4.79. The average Bonchev–Trinajstić information content (AvgIpc) is 2.54.